The predicted molar refractivity (Wildman–Crippen MR) is 65.9 cm³/mol. The molecule has 0 aliphatic carbocycles. The molecule has 3 N–H and O–H groups in total. The average Bonchev–Trinajstić information content (AvgIpc) is 2.34. The molecule has 0 radical (unpaired) electrons. The Morgan fingerprint density at radius 3 is 2.94 bits per heavy atom. The molecule has 3 nitrogen and oxygen atoms in total. The highest BCUT2D eigenvalue weighted by atomic mass is 16.5. The molecule has 0 aromatic heterocycles. The maximum Gasteiger partial charge on any atom is 0.119 e. The van der Waals surface area contributed by atoms with Crippen LogP contribution in [-0.4, -0.2) is 13.2 Å². The molecule has 16 heavy (non-hydrogen) atoms. The zero-order chi connectivity index (χ0) is 11.8. The van der Waals surface area contributed by atoms with Crippen LogP contribution in [0, 0.1) is 11.8 Å². The maximum absolute atomic E-state index is 5.48. The predicted octanol–water partition coefficient (Wildman–Crippen LogP) is 1.48. The minimum absolute atomic E-state index is 0.180. The molecule has 0 bridgehead atoms. The maximum atomic E-state index is 5.48. The van der Waals surface area contributed by atoms with E-state index in [0.29, 0.717) is 0 Å². The summed E-state index contributed by atoms with van der Waals surface area (Å²) in [5, 5.41) is 0. The summed E-state index contributed by atoms with van der Waals surface area (Å²) < 4.78 is 5.17. The molecule has 86 valence electrons. The molecule has 1 rings (SSSR count). The molecule has 1 unspecified atom stereocenters. The Morgan fingerprint density at radius 2 is 2.31 bits per heavy atom. The van der Waals surface area contributed by atoms with Crippen molar-refractivity contribution < 1.29 is 4.74 Å². The van der Waals surface area contributed by atoms with Crippen molar-refractivity contribution in [2.45, 2.75) is 25.8 Å². The SMILES string of the molecule is CC#CCC(Cc1cccc(OC)c1)NN. The molecule has 1 atom stereocenters. The van der Waals surface area contributed by atoms with Gasteiger partial charge in [0.25, 0.3) is 0 Å². The van der Waals surface area contributed by atoms with Gasteiger partial charge in [-0.3, -0.25) is 11.3 Å². The highest BCUT2D eigenvalue weighted by Gasteiger charge is 2.06. The fraction of sp³-hybridized carbons (Fsp3) is 0.385. The van der Waals surface area contributed by atoms with Crippen LogP contribution in [0.2, 0.25) is 0 Å². The van der Waals surface area contributed by atoms with Crippen molar-refractivity contribution in [3.63, 3.8) is 0 Å². The van der Waals surface area contributed by atoms with E-state index < -0.39 is 0 Å². The monoisotopic (exact) mass is 218 g/mol. The molecule has 0 aliphatic heterocycles. The minimum Gasteiger partial charge on any atom is -0.497 e. The Bertz CT molecular complexity index is 379. The van der Waals surface area contributed by atoms with Crippen molar-refractivity contribution in [3.8, 4) is 17.6 Å². The van der Waals surface area contributed by atoms with E-state index in [4.69, 9.17) is 10.6 Å². The first-order valence-electron chi connectivity index (χ1n) is 5.28. The number of rotatable bonds is 5. The first kappa shape index (κ1) is 12.6. The van der Waals surface area contributed by atoms with E-state index in [0.717, 1.165) is 18.6 Å². The van der Waals surface area contributed by atoms with Gasteiger partial charge in [-0.25, -0.2) is 0 Å². The second-order valence-electron chi connectivity index (χ2n) is 3.55. The third-order valence-corrected chi connectivity index (χ3v) is 2.38. The third-order valence-electron chi connectivity index (χ3n) is 2.38. The van der Waals surface area contributed by atoms with Gasteiger partial charge < -0.3 is 4.74 Å². The zero-order valence-corrected chi connectivity index (χ0v) is 9.79. The van der Waals surface area contributed by atoms with E-state index >= 15 is 0 Å². The number of hydrogen-bond donors (Lipinski definition) is 2. The van der Waals surface area contributed by atoms with Crippen molar-refractivity contribution in [2.75, 3.05) is 7.11 Å². The summed E-state index contributed by atoms with van der Waals surface area (Å²) in [6.45, 7) is 1.83. The Hall–Kier alpha value is -1.50. The summed E-state index contributed by atoms with van der Waals surface area (Å²) in [6.07, 6.45) is 1.60. The van der Waals surface area contributed by atoms with E-state index in [1.165, 1.54) is 5.56 Å². The molecular weight excluding hydrogens is 200 g/mol. The Labute approximate surface area is 97.0 Å². The summed E-state index contributed by atoms with van der Waals surface area (Å²) in [5.41, 5.74) is 3.97. The van der Waals surface area contributed by atoms with E-state index in [9.17, 15) is 0 Å². The first-order valence-corrected chi connectivity index (χ1v) is 5.28. The van der Waals surface area contributed by atoms with Crippen LogP contribution >= 0.6 is 0 Å². The van der Waals surface area contributed by atoms with Crippen LogP contribution in [0.5, 0.6) is 5.75 Å². The summed E-state index contributed by atoms with van der Waals surface area (Å²) in [4.78, 5) is 0. The summed E-state index contributed by atoms with van der Waals surface area (Å²) in [5.74, 6) is 12.2. The third kappa shape index (κ3) is 3.93. The van der Waals surface area contributed by atoms with Gasteiger partial charge in [-0.1, -0.05) is 12.1 Å². The summed E-state index contributed by atoms with van der Waals surface area (Å²) in [7, 11) is 1.67. The van der Waals surface area contributed by atoms with E-state index in [1.807, 2.05) is 25.1 Å². The molecule has 3 heteroatoms. The summed E-state index contributed by atoms with van der Waals surface area (Å²) in [6, 6.07) is 8.17. The van der Waals surface area contributed by atoms with E-state index in [2.05, 4.69) is 23.3 Å². The fourth-order valence-electron chi connectivity index (χ4n) is 1.50. The van der Waals surface area contributed by atoms with Crippen LogP contribution in [0.25, 0.3) is 0 Å². The van der Waals surface area contributed by atoms with Crippen molar-refractivity contribution in [1.29, 1.82) is 0 Å². The topological polar surface area (TPSA) is 47.3 Å². The average molecular weight is 218 g/mol. The lowest BCUT2D eigenvalue weighted by Crippen LogP contribution is -2.36. The van der Waals surface area contributed by atoms with E-state index in [-0.39, 0.29) is 6.04 Å². The highest BCUT2D eigenvalue weighted by molar-refractivity contribution is 5.29. The largest absolute Gasteiger partial charge is 0.497 e. The Balaban J connectivity index is 2.64. The van der Waals surface area contributed by atoms with Crippen molar-refractivity contribution in [3.05, 3.63) is 29.8 Å². The standard InChI is InChI=1S/C13H18N2O/c1-3-4-7-12(15-14)9-11-6-5-8-13(10-11)16-2/h5-6,8,10,12,15H,7,9,14H2,1-2H3. The molecule has 0 saturated heterocycles. The lowest BCUT2D eigenvalue weighted by molar-refractivity contribution is 0.413. The number of ether oxygens (including phenoxy) is 1. The molecule has 0 spiro atoms. The van der Waals surface area contributed by atoms with E-state index in [1.54, 1.807) is 7.11 Å². The van der Waals surface area contributed by atoms with Crippen LogP contribution in [0.3, 0.4) is 0 Å². The van der Waals surface area contributed by atoms with Gasteiger partial charge in [-0.2, -0.15) is 0 Å². The van der Waals surface area contributed by atoms with Gasteiger partial charge in [0.15, 0.2) is 0 Å². The number of nitrogens with one attached hydrogen (secondary N) is 1. The number of benzene rings is 1. The Kier molecular flexibility index (Phi) is 5.41. The molecule has 1 aromatic carbocycles. The van der Waals surface area contributed by atoms with Gasteiger partial charge in [-0.15, -0.1) is 11.8 Å². The normalized spacial score (nSPS) is 11.4. The molecule has 1 aromatic rings. The Morgan fingerprint density at radius 1 is 1.50 bits per heavy atom. The zero-order valence-electron chi connectivity index (χ0n) is 9.79. The molecule has 0 amide bonds. The van der Waals surface area contributed by atoms with Gasteiger partial charge >= 0.3 is 0 Å². The van der Waals surface area contributed by atoms with Crippen molar-refractivity contribution in [2.24, 2.45) is 5.84 Å². The highest BCUT2D eigenvalue weighted by Crippen LogP contribution is 2.14. The molecular formula is C13H18N2O. The van der Waals surface area contributed by atoms with Crippen LogP contribution in [0.4, 0.5) is 0 Å². The lowest BCUT2D eigenvalue weighted by Gasteiger charge is -2.13. The second-order valence-corrected chi connectivity index (χ2v) is 3.55. The van der Waals surface area contributed by atoms with Gasteiger partial charge in [-0.05, 0) is 31.0 Å². The fourth-order valence-corrected chi connectivity index (χ4v) is 1.50. The molecule has 0 heterocycles. The lowest BCUT2D eigenvalue weighted by atomic mass is 10.0. The van der Waals surface area contributed by atoms with Gasteiger partial charge in [0.2, 0.25) is 0 Å². The van der Waals surface area contributed by atoms with Crippen molar-refractivity contribution >= 4 is 0 Å². The smallest absolute Gasteiger partial charge is 0.119 e. The number of hydrogen-bond acceptors (Lipinski definition) is 3. The number of methoxy groups -OCH3 is 1. The number of hydrazine groups is 1. The van der Waals surface area contributed by atoms with Gasteiger partial charge in [0, 0.05) is 12.5 Å². The van der Waals surface area contributed by atoms with Crippen LogP contribution in [-0.2, 0) is 6.42 Å². The molecule has 0 aliphatic rings. The van der Waals surface area contributed by atoms with Gasteiger partial charge in [0.05, 0.1) is 7.11 Å². The number of nitrogens with two attached hydrogens (primary N) is 1. The van der Waals surface area contributed by atoms with Crippen molar-refractivity contribution in [1.82, 2.24) is 5.43 Å². The summed E-state index contributed by atoms with van der Waals surface area (Å²) >= 11 is 0. The van der Waals surface area contributed by atoms with Gasteiger partial charge in [0.1, 0.15) is 5.75 Å². The quantitative estimate of drug-likeness (QED) is 0.447. The second kappa shape index (κ2) is 6.89. The van der Waals surface area contributed by atoms with Crippen LogP contribution < -0.4 is 16.0 Å². The van der Waals surface area contributed by atoms with Crippen LogP contribution in [0.15, 0.2) is 24.3 Å². The molecule has 0 fully saturated rings. The minimum atomic E-state index is 0.180. The molecule has 0 saturated carbocycles. The van der Waals surface area contributed by atoms with Crippen LogP contribution in [0.1, 0.15) is 18.9 Å². The first-order chi connectivity index (χ1) is 7.80.